The summed E-state index contributed by atoms with van der Waals surface area (Å²) in [5.74, 6) is -0.979. The molecule has 1 unspecified atom stereocenters. The normalized spacial score (nSPS) is 12.6. The predicted molar refractivity (Wildman–Crippen MR) is 215 cm³/mol. The van der Waals surface area contributed by atoms with Crippen molar-refractivity contribution in [3.63, 3.8) is 0 Å². The molecule has 0 aromatic rings. The summed E-state index contributed by atoms with van der Waals surface area (Å²) in [5.41, 5.74) is 0. The standard InChI is InChI=1S/C45H76O6/c1-4-7-10-13-16-19-22-24-26-29-32-35-38-44(47)50-41-42(40-49-43(46)37-34-31-28-25-21-18-15-12-9-6-3)51-45(48)39-36-33-30-27-23-20-17-14-11-8-5-2/h7-8,10-11,16-17,19-20,27,30,42H,4-6,9,12-15,18,21-26,28-29,31-41H2,1-3H3/b10-7-,11-8-,19-16-,20-17-,30-27-. The van der Waals surface area contributed by atoms with Crippen molar-refractivity contribution >= 4 is 17.9 Å². The van der Waals surface area contributed by atoms with E-state index < -0.39 is 6.10 Å². The lowest BCUT2D eigenvalue weighted by Gasteiger charge is -2.18. The highest BCUT2D eigenvalue weighted by Gasteiger charge is 2.19. The Hall–Kier alpha value is -2.89. The molecule has 0 saturated carbocycles. The molecule has 0 saturated heterocycles. The van der Waals surface area contributed by atoms with Crippen LogP contribution in [0.15, 0.2) is 60.8 Å². The summed E-state index contributed by atoms with van der Waals surface area (Å²) in [4.78, 5) is 37.5. The SMILES string of the molecule is CC/C=C\C/C=C\C/C=C\CCCC(=O)OC(COC(=O)CCCCCCC/C=C\C/C=C\CC)COC(=O)CCCCCCCCCCCC. The van der Waals surface area contributed by atoms with Crippen molar-refractivity contribution in [3.05, 3.63) is 60.8 Å². The summed E-state index contributed by atoms with van der Waals surface area (Å²) in [6, 6.07) is 0. The van der Waals surface area contributed by atoms with E-state index in [1.165, 1.54) is 44.9 Å². The first-order valence-corrected chi connectivity index (χ1v) is 20.8. The number of carbonyl (C=O) groups excluding carboxylic acids is 3. The van der Waals surface area contributed by atoms with E-state index in [1.54, 1.807) is 0 Å². The average molecular weight is 713 g/mol. The largest absolute Gasteiger partial charge is 0.462 e. The molecule has 0 radical (unpaired) electrons. The van der Waals surface area contributed by atoms with Gasteiger partial charge < -0.3 is 14.2 Å². The number of allylic oxidation sites excluding steroid dienone is 10. The fourth-order valence-corrected chi connectivity index (χ4v) is 5.44. The molecule has 0 amide bonds. The molecule has 0 aliphatic heterocycles. The lowest BCUT2D eigenvalue weighted by atomic mass is 10.1. The quantitative estimate of drug-likeness (QED) is 0.0278. The van der Waals surface area contributed by atoms with Gasteiger partial charge in [0.25, 0.3) is 0 Å². The third-order valence-corrected chi connectivity index (χ3v) is 8.52. The van der Waals surface area contributed by atoms with E-state index in [0.717, 1.165) is 96.3 Å². The Balaban J connectivity index is 4.47. The van der Waals surface area contributed by atoms with Crippen molar-refractivity contribution in [2.24, 2.45) is 0 Å². The summed E-state index contributed by atoms with van der Waals surface area (Å²) in [5, 5.41) is 0. The molecule has 51 heavy (non-hydrogen) atoms. The Morgan fingerprint density at radius 1 is 0.412 bits per heavy atom. The zero-order chi connectivity index (χ0) is 37.3. The third kappa shape index (κ3) is 38.2. The second-order valence-electron chi connectivity index (χ2n) is 13.5. The molecule has 0 heterocycles. The fraction of sp³-hybridized carbons (Fsp3) is 0.711. The first kappa shape index (κ1) is 48.1. The lowest BCUT2D eigenvalue weighted by Crippen LogP contribution is -2.30. The van der Waals surface area contributed by atoms with E-state index in [1.807, 2.05) is 0 Å². The first-order valence-electron chi connectivity index (χ1n) is 20.8. The molecule has 0 spiro atoms. The molecule has 0 rings (SSSR count). The average Bonchev–Trinajstić information content (AvgIpc) is 3.12. The van der Waals surface area contributed by atoms with Gasteiger partial charge in [-0.3, -0.25) is 14.4 Å². The van der Waals surface area contributed by atoms with Gasteiger partial charge in [0.15, 0.2) is 6.10 Å². The zero-order valence-corrected chi connectivity index (χ0v) is 33.1. The molecule has 0 aliphatic rings. The minimum absolute atomic E-state index is 0.0986. The summed E-state index contributed by atoms with van der Waals surface area (Å²) in [7, 11) is 0. The maximum atomic E-state index is 12.6. The summed E-state index contributed by atoms with van der Waals surface area (Å²) in [6.07, 6.45) is 46.4. The van der Waals surface area contributed by atoms with Crippen LogP contribution in [0.1, 0.15) is 188 Å². The third-order valence-electron chi connectivity index (χ3n) is 8.52. The van der Waals surface area contributed by atoms with Crippen molar-refractivity contribution in [1.82, 2.24) is 0 Å². The van der Waals surface area contributed by atoms with Gasteiger partial charge in [0, 0.05) is 19.3 Å². The molecule has 0 aliphatic carbocycles. The summed E-state index contributed by atoms with van der Waals surface area (Å²) < 4.78 is 16.6. The van der Waals surface area contributed by atoms with Crippen LogP contribution in [-0.2, 0) is 28.6 Å². The maximum Gasteiger partial charge on any atom is 0.306 e. The van der Waals surface area contributed by atoms with Gasteiger partial charge in [0.05, 0.1) is 0 Å². The Labute approximate surface area is 313 Å². The van der Waals surface area contributed by atoms with Crippen LogP contribution in [-0.4, -0.2) is 37.2 Å². The number of rotatable bonds is 36. The van der Waals surface area contributed by atoms with E-state index in [2.05, 4.69) is 81.5 Å². The van der Waals surface area contributed by atoms with Gasteiger partial charge in [-0.2, -0.15) is 0 Å². The van der Waals surface area contributed by atoms with Gasteiger partial charge in [-0.15, -0.1) is 0 Å². The van der Waals surface area contributed by atoms with Gasteiger partial charge in [0.1, 0.15) is 13.2 Å². The van der Waals surface area contributed by atoms with Gasteiger partial charge >= 0.3 is 17.9 Å². The van der Waals surface area contributed by atoms with Crippen molar-refractivity contribution in [3.8, 4) is 0 Å². The number of hydrogen-bond donors (Lipinski definition) is 0. The molecule has 6 heteroatoms. The molecule has 0 aromatic carbocycles. The lowest BCUT2D eigenvalue weighted by molar-refractivity contribution is -0.167. The van der Waals surface area contributed by atoms with Crippen LogP contribution >= 0.6 is 0 Å². The van der Waals surface area contributed by atoms with Crippen molar-refractivity contribution in [2.75, 3.05) is 13.2 Å². The zero-order valence-electron chi connectivity index (χ0n) is 33.1. The van der Waals surface area contributed by atoms with Crippen LogP contribution in [0, 0.1) is 0 Å². The molecular weight excluding hydrogens is 636 g/mol. The Morgan fingerprint density at radius 2 is 0.784 bits per heavy atom. The molecular formula is C45H76O6. The van der Waals surface area contributed by atoms with Crippen LogP contribution in [0.25, 0.3) is 0 Å². The molecule has 292 valence electrons. The smallest absolute Gasteiger partial charge is 0.306 e. The van der Waals surface area contributed by atoms with Gasteiger partial charge in [-0.1, -0.05) is 159 Å². The number of carbonyl (C=O) groups is 3. The number of hydrogen-bond acceptors (Lipinski definition) is 6. The highest BCUT2D eigenvalue weighted by molar-refractivity contribution is 5.71. The number of esters is 3. The van der Waals surface area contributed by atoms with Gasteiger partial charge in [0.2, 0.25) is 0 Å². The highest BCUT2D eigenvalue weighted by Crippen LogP contribution is 2.13. The topological polar surface area (TPSA) is 78.9 Å². The van der Waals surface area contributed by atoms with Crippen molar-refractivity contribution < 1.29 is 28.6 Å². The monoisotopic (exact) mass is 713 g/mol. The molecule has 0 N–H and O–H groups in total. The number of ether oxygens (including phenoxy) is 3. The molecule has 6 nitrogen and oxygen atoms in total. The first-order chi connectivity index (χ1) is 25.0. The number of unbranched alkanes of at least 4 members (excludes halogenated alkanes) is 15. The summed E-state index contributed by atoms with van der Waals surface area (Å²) in [6.45, 7) is 6.31. The van der Waals surface area contributed by atoms with Crippen LogP contribution in [0.4, 0.5) is 0 Å². The molecule has 0 fully saturated rings. The molecule has 0 aromatic heterocycles. The van der Waals surface area contributed by atoms with Crippen LogP contribution in [0.5, 0.6) is 0 Å². The van der Waals surface area contributed by atoms with Crippen molar-refractivity contribution in [2.45, 2.75) is 194 Å². The maximum absolute atomic E-state index is 12.6. The molecule has 1 atom stereocenters. The fourth-order valence-electron chi connectivity index (χ4n) is 5.44. The second kappa shape index (κ2) is 39.9. The van der Waals surface area contributed by atoms with Gasteiger partial charge in [-0.25, -0.2) is 0 Å². The van der Waals surface area contributed by atoms with Crippen LogP contribution in [0.3, 0.4) is 0 Å². The van der Waals surface area contributed by atoms with Crippen LogP contribution < -0.4 is 0 Å². The second-order valence-corrected chi connectivity index (χ2v) is 13.5. The van der Waals surface area contributed by atoms with E-state index in [9.17, 15) is 14.4 Å². The van der Waals surface area contributed by atoms with Gasteiger partial charge in [-0.05, 0) is 70.6 Å². The highest BCUT2D eigenvalue weighted by atomic mass is 16.6. The minimum Gasteiger partial charge on any atom is -0.462 e. The predicted octanol–water partition coefficient (Wildman–Crippen LogP) is 13.0. The minimum atomic E-state index is -0.800. The van der Waals surface area contributed by atoms with E-state index in [-0.39, 0.29) is 37.5 Å². The van der Waals surface area contributed by atoms with Crippen molar-refractivity contribution in [1.29, 1.82) is 0 Å². The summed E-state index contributed by atoms with van der Waals surface area (Å²) >= 11 is 0. The Morgan fingerprint density at radius 3 is 1.25 bits per heavy atom. The Bertz CT molecular complexity index is 960. The van der Waals surface area contributed by atoms with Crippen LogP contribution in [0.2, 0.25) is 0 Å². The molecule has 0 bridgehead atoms. The van der Waals surface area contributed by atoms with E-state index in [4.69, 9.17) is 14.2 Å². The Kier molecular flexibility index (Phi) is 37.6. The van der Waals surface area contributed by atoms with E-state index >= 15 is 0 Å². The van der Waals surface area contributed by atoms with E-state index in [0.29, 0.717) is 19.3 Å².